The summed E-state index contributed by atoms with van der Waals surface area (Å²) in [5.41, 5.74) is 2.38. The predicted octanol–water partition coefficient (Wildman–Crippen LogP) is 3.62. The molecule has 3 rings (SSSR count). The number of benzene rings is 1. The van der Waals surface area contributed by atoms with Crippen LogP contribution in [0.1, 0.15) is 35.8 Å². The van der Waals surface area contributed by atoms with E-state index in [2.05, 4.69) is 15.2 Å². The zero-order valence-electron chi connectivity index (χ0n) is 14.1. The minimum atomic E-state index is -0.314. The summed E-state index contributed by atoms with van der Waals surface area (Å²) >= 11 is 5.59. The third-order valence-electron chi connectivity index (χ3n) is 3.95. The lowest BCUT2D eigenvalue weighted by Gasteiger charge is -2.25. The minimum absolute atomic E-state index is 0.314. The molecule has 0 aliphatic heterocycles. The summed E-state index contributed by atoms with van der Waals surface area (Å²) in [6.07, 6.45) is 4.10. The normalized spacial score (nSPS) is 13.2. The number of thiocarbonyl (C=S) groups is 1. The summed E-state index contributed by atoms with van der Waals surface area (Å²) in [6, 6.07) is 13.5. The van der Waals surface area contributed by atoms with Crippen LogP contribution in [0.5, 0.6) is 0 Å². The molecular weight excluding hydrogens is 334 g/mol. The fourth-order valence-electron chi connectivity index (χ4n) is 2.52. The van der Waals surface area contributed by atoms with Gasteiger partial charge < -0.3 is 15.0 Å². The van der Waals surface area contributed by atoms with E-state index in [1.165, 1.54) is 0 Å². The number of nitrogens with zero attached hydrogens (tertiary/aromatic N) is 2. The van der Waals surface area contributed by atoms with Crippen molar-refractivity contribution in [3.63, 3.8) is 0 Å². The third-order valence-corrected chi connectivity index (χ3v) is 4.29. The van der Waals surface area contributed by atoms with E-state index in [9.17, 15) is 4.79 Å². The molecule has 1 fully saturated rings. The Balaban J connectivity index is 1.64. The first kappa shape index (κ1) is 17.4. The zero-order valence-corrected chi connectivity index (χ0v) is 15.0. The Labute approximate surface area is 153 Å². The van der Waals surface area contributed by atoms with Crippen LogP contribution in [0, 0.1) is 0 Å². The lowest BCUT2D eigenvalue weighted by molar-refractivity contribution is 0.0526. The number of hydrogen-bond donors (Lipinski definition) is 1. The van der Waals surface area contributed by atoms with Gasteiger partial charge in [-0.25, -0.2) is 4.79 Å². The van der Waals surface area contributed by atoms with Crippen molar-refractivity contribution in [1.29, 1.82) is 0 Å². The second kappa shape index (κ2) is 8.07. The van der Waals surface area contributed by atoms with Crippen LogP contribution in [0.3, 0.4) is 0 Å². The molecule has 0 bridgehead atoms. The van der Waals surface area contributed by atoms with Gasteiger partial charge in [0.1, 0.15) is 0 Å². The molecular formula is C19H21N3O2S. The van der Waals surface area contributed by atoms with E-state index in [0.717, 1.165) is 24.2 Å². The molecule has 0 saturated heterocycles. The number of nitrogens with one attached hydrogen (secondary N) is 1. The van der Waals surface area contributed by atoms with E-state index in [4.69, 9.17) is 17.0 Å². The molecule has 0 radical (unpaired) electrons. The number of ether oxygens (including phenoxy) is 1. The van der Waals surface area contributed by atoms with Crippen LogP contribution in [-0.2, 0) is 11.3 Å². The monoisotopic (exact) mass is 355 g/mol. The molecule has 25 heavy (non-hydrogen) atoms. The molecule has 1 aromatic carbocycles. The highest BCUT2D eigenvalue weighted by Gasteiger charge is 2.31. The first-order valence-electron chi connectivity index (χ1n) is 8.42. The van der Waals surface area contributed by atoms with Gasteiger partial charge in [0, 0.05) is 17.9 Å². The van der Waals surface area contributed by atoms with Crippen molar-refractivity contribution in [1.82, 2.24) is 9.88 Å². The fraction of sp³-hybridized carbons (Fsp3) is 0.316. The standard InChI is InChI=1S/C19H21N3O2S/c1-2-24-18(23)14-6-8-15(9-7-14)21-19(25)22(17-10-11-17)13-16-5-3-4-12-20-16/h3-9,12,17H,2,10-11,13H2,1H3,(H,21,25). The van der Waals surface area contributed by atoms with Crippen LogP contribution in [-0.4, -0.2) is 33.6 Å². The summed E-state index contributed by atoms with van der Waals surface area (Å²) in [7, 11) is 0. The summed E-state index contributed by atoms with van der Waals surface area (Å²) < 4.78 is 4.99. The Bertz CT molecular complexity index is 730. The van der Waals surface area contributed by atoms with Crippen molar-refractivity contribution in [2.24, 2.45) is 0 Å². The summed E-state index contributed by atoms with van der Waals surface area (Å²) in [5, 5.41) is 3.94. The van der Waals surface area contributed by atoms with E-state index in [1.54, 1.807) is 25.3 Å². The number of rotatable bonds is 6. The molecule has 0 unspecified atom stereocenters. The van der Waals surface area contributed by atoms with Gasteiger partial charge in [-0.05, 0) is 68.4 Å². The van der Waals surface area contributed by atoms with Crippen molar-refractivity contribution in [2.45, 2.75) is 32.4 Å². The number of aromatic nitrogens is 1. The van der Waals surface area contributed by atoms with Gasteiger partial charge in [0.2, 0.25) is 0 Å². The number of carbonyl (C=O) groups is 1. The van der Waals surface area contributed by atoms with Gasteiger partial charge in [-0.2, -0.15) is 0 Å². The minimum Gasteiger partial charge on any atom is -0.462 e. The lowest BCUT2D eigenvalue weighted by Crippen LogP contribution is -2.36. The molecule has 1 saturated carbocycles. The van der Waals surface area contributed by atoms with Crippen molar-refractivity contribution >= 4 is 29.0 Å². The first-order valence-corrected chi connectivity index (χ1v) is 8.83. The van der Waals surface area contributed by atoms with Crippen LogP contribution in [0.2, 0.25) is 0 Å². The SMILES string of the molecule is CCOC(=O)c1ccc(NC(=S)N(Cc2ccccn2)C2CC2)cc1. The molecule has 2 aromatic rings. The number of pyridine rings is 1. The average Bonchev–Trinajstić information content (AvgIpc) is 3.46. The first-order chi connectivity index (χ1) is 12.2. The molecule has 5 nitrogen and oxygen atoms in total. The van der Waals surface area contributed by atoms with Crippen molar-refractivity contribution in [3.05, 3.63) is 59.9 Å². The van der Waals surface area contributed by atoms with Crippen LogP contribution in [0.25, 0.3) is 0 Å². The summed E-state index contributed by atoms with van der Waals surface area (Å²) in [6.45, 7) is 2.85. The molecule has 0 atom stereocenters. The molecule has 1 aliphatic carbocycles. The number of carbonyl (C=O) groups excluding carboxylic acids is 1. The largest absolute Gasteiger partial charge is 0.462 e. The van der Waals surface area contributed by atoms with Gasteiger partial charge in [-0.1, -0.05) is 6.07 Å². The van der Waals surface area contributed by atoms with Gasteiger partial charge in [0.25, 0.3) is 0 Å². The third kappa shape index (κ3) is 4.76. The van der Waals surface area contributed by atoms with Crippen molar-refractivity contribution in [2.75, 3.05) is 11.9 Å². The fourth-order valence-corrected chi connectivity index (χ4v) is 2.85. The Morgan fingerprint density at radius 2 is 2.04 bits per heavy atom. The zero-order chi connectivity index (χ0) is 17.6. The topological polar surface area (TPSA) is 54.5 Å². The highest BCUT2D eigenvalue weighted by Crippen LogP contribution is 2.29. The van der Waals surface area contributed by atoms with Crippen LogP contribution < -0.4 is 5.32 Å². The van der Waals surface area contributed by atoms with Crippen LogP contribution in [0.15, 0.2) is 48.7 Å². The summed E-state index contributed by atoms with van der Waals surface area (Å²) in [5.74, 6) is -0.314. The molecule has 6 heteroatoms. The highest BCUT2D eigenvalue weighted by atomic mass is 32.1. The van der Waals surface area contributed by atoms with Crippen molar-refractivity contribution in [3.8, 4) is 0 Å². The van der Waals surface area contributed by atoms with Gasteiger partial charge in [-0.3, -0.25) is 4.98 Å². The molecule has 0 spiro atoms. The maximum absolute atomic E-state index is 11.7. The van der Waals surface area contributed by atoms with E-state index >= 15 is 0 Å². The van der Waals surface area contributed by atoms with E-state index in [-0.39, 0.29) is 5.97 Å². The maximum Gasteiger partial charge on any atom is 0.338 e. The average molecular weight is 355 g/mol. The predicted molar refractivity (Wildman–Crippen MR) is 101 cm³/mol. The number of anilines is 1. The second-order valence-electron chi connectivity index (χ2n) is 5.91. The van der Waals surface area contributed by atoms with Crippen LogP contribution >= 0.6 is 12.2 Å². The Morgan fingerprint density at radius 3 is 2.64 bits per heavy atom. The Morgan fingerprint density at radius 1 is 1.28 bits per heavy atom. The summed E-state index contributed by atoms with van der Waals surface area (Å²) in [4.78, 5) is 18.3. The molecule has 0 amide bonds. The highest BCUT2D eigenvalue weighted by molar-refractivity contribution is 7.80. The van der Waals surface area contributed by atoms with E-state index < -0.39 is 0 Å². The van der Waals surface area contributed by atoms with E-state index in [0.29, 0.717) is 29.9 Å². The van der Waals surface area contributed by atoms with Crippen molar-refractivity contribution < 1.29 is 9.53 Å². The molecule has 1 aliphatic rings. The maximum atomic E-state index is 11.7. The number of esters is 1. The van der Waals surface area contributed by atoms with Gasteiger partial charge in [0.05, 0.1) is 24.4 Å². The lowest BCUT2D eigenvalue weighted by atomic mass is 10.2. The molecule has 1 aromatic heterocycles. The Hall–Kier alpha value is -2.47. The second-order valence-corrected chi connectivity index (χ2v) is 6.29. The molecule has 130 valence electrons. The molecule has 1 heterocycles. The molecule has 1 N–H and O–H groups in total. The van der Waals surface area contributed by atoms with Gasteiger partial charge in [-0.15, -0.1) is 0 Å². The smallest absolute Gasteiger partial charge is 0.338 e. The quantitative estimate of drug-likeness (QED) is 0.631. The van der Waals surface area contributed by atoms with E-state index in [1.807, 2.05) is 30.3 Å². The number of hydrogen-bond acceptors (Lipinski definition) is 4. The Kier molecular flexibility index (Phi) is 5.60. The van der Waals surface area contributed by atoms with Gasteiger partial charge in [0.15, 0.2) is 5.11 Å². The van der Waals surface area contributed by atoms with Crippen LogP contribution in [0.4, 0.5) is 5.69 Å². The van der Waals surface area contributed by atoms with Gasteiger partial charge >= 0.3 is 5.97 Å².